The molecule has 6 nitrogen and oxygen atoms in total. The van der Waals surface area contributed by atoms with Gasteiger partial charge in [0.25, 0.3) is 5.92 Å². The fraction of sp³-hybridized carbons (Fsp3) is 0.357. The van der Waals surface area contributed by atoms with Gasteiger partial charge < -0.3 is 5.32 Å². The molecule has 1 aliphatic rings. The number of nitrogens with zero attached hydrogens (tertiary/aromatic N) is 3. The molecule has 22 heavy (non-hydrogen) atoms. The molecule has 1 aliphatic heterocycles. The molecule has 3 rings (SSSR count). The van der Waals surface area contributed by atoms with E-state index in [1.165, 1.54) is 6.33 Å². The van der Waals surface area contributed by atoms with E-state index >= 15 is 0 Å². The van der Waals surface area contributed by atoms with E-state index in [9.17, 15) is 13.6 Å². The molecule has 1 aromatic heterocycles. The number of benzene rings is 1. The Morgan fingerprint density at radius 2 is 2.18 bits per heavy atom. The Kier molecular flexibility index (Phi) is 3.84. The third kappa shape index (κ3) is 3.28. The van der Waals surface area contributed by atoms with Crippen LogP contribution in [0.4, 0.5) is 8.78 Å². The SMILES string of the molecule is O=C(NCc1ccc(-n2cncn2)cc1)C1CC(F)(F)CN1. The number of amides is 1. The summed E-state index contributed by atoms with van der Waals surface area (Å²) in [5, 5.41) is 9.21. The molecule has 2 N–H and O–H groups in total. The summed E-state index contributed by atoms with van der Waals surface area (Å²) in [5.74, 6) is -3.21. The smallest absolute Gasteiger partial charge is 0.262 e. The highest BCUT2D eigenvalue weighted by atomic mass is 19.3. The lowest BCUT2D eigenvalue weighted by Crippen LogP contribution is -2.40. The lowest BCUT2D eigenvalue weighted by atomic mass is 10.1. The van der Waals surface area contributed by atoms with Gasteiger partial charge in [0.2, 0.25) is 5.91 Å². The summed E-state index contributed by atoms with van der Waals surface area (Å²) in [6.07, 6.45) is 2.57. The van der Waals surface area contributed by atoms with Crippen LogP contribution in [-0.2, 0) is 11.3 Å². The summed E-state index contributed by atoms with van der Waals surface area (Å²) in [6.45, 7) is -0.155. The Hall–Kier alpha value is -2.35. The highest BCUT2D eigenvalue weighted by Crippen LogP contribution is 2.25. The number of carbonyl (C=O) groups excluding carboxylic acids is 1. The van der Waals surface area contributed by atoms with Gasteiger partial charge in [-0.15, -0.1) is 0 Å². The second-order valence-electron chi connectivity index (χ2n) is 5.22. The van der Waals surface area contributed by atoms with Gasteiger partial charge in [-0.1, -0.05) is 12.1 Å². The average Bonchev–Trinajstić information content (AvgIpc) is 3.15. The van der Waals surface area contributed by atoms with Gasteiger partial charge in [-0.25, -0.2) is 18.4 Å². The number of hydrogen-bond acceptors (Lipinski definition) is 4. The van der Waals surface area contributed by atoms with E-state index in [0.717, 1.165) is 11.3 Å². The lowest BCUT2D eigenvalue weighted by molar-refractivity contribution is -0.123. The van der Waals surface area contributed by atoms with E-state index in [1.54, 1.807) is 11.0 Å². The number of rotatable bonds is 4. The molecular weight excluding hydrogens is 292 g/mol. The van der Waals surface area contributed by atoms with Gasteiger partial charge in [-0.05, 0) is 17.7 Å². The van der Waals surface area contributed by atoms with E-state index in [1.807, 2.05) is 24.3 Å². The monoisotopic (exact) mass is 307 g/mol. The van der Waals surface area contributed by atoms with Gasteiger partial charge in [0, 0.05) is 13.0 Å². The normalized spacial score (nSPS) is 20.0. The number of aromatic nitrogens is 3. The van der Waals surface area contributed by atoms with Crippen LogP contribution in [0.1, 0.15) is 12.0 Å². The van der Waals surface area contributed by atoms with Crippen LogP contribution in [0.5, 0.6) is 0 Å². The summed E-state index contributed by atoms with van der Waals surface area (Å²) < 4.78 is 27.7. The third-order valence-electron chi connectivity index (χ3n) is 3.51. The maximum absolute atomic E-state index is 13.0. The van der Waals surface area contributed by atoms with Crippen LogP contribution in [0, 0.1) is 0 Å². The highest BCUT2D eigenvalue weighted by molar-refractivity contribution is 5.82. The zero-order valence-corrected chi connectivity index (χ0v) is 11.7. The lowest BCUT2D eigenvalue weighted by Gasteiger charge is -2.11. The van der Waals surface area contributed by atoms with Crippen LogP contribution in [-0.4, -0.2) is 39.2 Å². The molecule has 1 atom stereocenters. The zero-order valence-electron chi connectivity index (χ0n) is 11.7. The molecule has 1 unspecified atom stereocenters. The summed E-state index contributed by atoms with van der Waals surface area (Å²) >= 11 is 0. The third-order valence-corrected chi connectivity index (χ3v) is 3.51. The van der Waals surface area contributed by atoms with Gasteiger partial charge in [-0.2, -0.15) is 5.10 Å². The Labute approximate surface area is 125 Å². The molecule has 2 heterocycles. The molecule has 0 radical (unpaired) electrons. The van der Waals surface area contributed by atoms with Crippen LogP contribution in [0.15, 0.2) is 36.9 Å². The molecule has 1 aromatic carbocycles. The molecule has 0 spiro atoms. The highest BCUT2D eigenvalue weighted by Gasteiger charge is 2.42. The zero-order chi connectivity index (χ0) is 15.6. The molecule has 0 saturated carbocycles. The minimum atomic E-state index is -2.80. The van der Waals surface area contributed by atoms with Crippen molar-refractivity contribution >= 4 is 5.91 Å². The quantitative estimate of drug-likeness (QED) is 0.879. The van der Waals surface area contributed by atoms with Crippen LogP contribution in [0.3, 0.4) is 0 Å². The number of hydrogen-bond donors (Lipinski definition) is 2. The van der Waals surface area contributed by atoms with Gasteiger partial charge in [0.1, 0.15) is 12.7 Å². The first kappa shape index (κ1) is 14.6. The molecule has 1 amide bonds. The van der Waals surface area contributed by atoms with Crippen molar-refractivity contribution in [3.05, 3.63) is 42.5 Å². The Morgan fingerprint density at radius 3 is 2.77 bits per heavy atom. The van der Waals surface area contributed by atoms with Gasteiger partial charge in [0.15, 0.2) is 0 Å². The first-order chi connectivity index (χ1) is 10.5. The van der Waals surface area contributed by atoms with Gasteiger partial charge in [0.05, 0.1) is 18.3 Å². The van der Waals surface area contributed by atoms with Crippen molar-refractivity contribution in [1.29, 1.82) is 0 Å². The first-order valence-electron chi connectivity index (χ1n) is 6.86. The van der Waals surface area contributed by atoms with E-state index in [-0.39, 0.29) is 0 Å². The van der Waals surface area contributed by atoms with Crippen molar-refractivity contribution in [1.82, 2.24) is 25.4 Å². The molecular formula is C14H15F2N5O. The van der Waals surface area contributed by atoms with E-state index in [2.05, 4.69) is 20.7 Å². The molecule has 1 fully saturated rings. The molecule has 1 saturated heterocycles. The number of alkyl halides is 2. The molecule has 0 bridgehead atoms. The first-order valence-corrected chi connectivity index (χ1v) is 6.86. The van der Waals surface area contributed by atoms with Crippen molar-refractivity contribution in [2.24, 2.45) is 0 Å². The van der Waals surface area contributed by atoms with Gasteiger partial charge >= 0.3 is 0 Å². The summed E-state index contributed by atoms with van der Waals surface area (Å²) in [4.78, 5) is 15.7. The maximum Gasteiger partial charge on any atom is 0.262 e. The predicted octanol–water partition coefficient (Wildman–Crippen LogP) is 0.881. The van der Waals surface area contributed by atoms with Gasteiger partial charge in [-0.3, -0.25) is 10.1 Å². The van der Waals surface area contributed by atoms with Crippen LogP contribution < -0.4 is 10.6 Å². The molecule has 2 aromatic rings. The van der Waals surface area contributed by atoms with Crippen LogP contribution in [0.2, 0.25) is 0 Å². The number of carbonyl (C=O) groups is 1. The van der Waals surface area contributed by atoms with Crippen LogP contribution >= 0.6 is 0 Å². The fourth-order valence-corrected chi connectivity index (χ4v) is 2.32. The summed E-state index contributed by atoms with van der Waals surface area (Å²) in [7, 11) is 0. The van der Waals surface area contributed by atoms with E-state index in [0.29, 0.717) is 6.54 Å². The van der Waals surface area contributed by atoms with Crippen molar-refractivity contribution in [3.8, 4) is 5.69 Å². The maximum atomic E-state index is 13.0. The Balaban J connectivity index is 1.54. The van der Waals surface area contributed by atoms with E-state index in [4.69, 9.17) is 0 Å². The average molecular weight is 307 g/mol. The van der Waals surface area contributed by atoms with Crippen molar-refractivity contribution < 1.29 is 13.6 Å². The van der Waals surface area contributed by atoms with E-state index < -0.39 is 30.8 Å². The number of halogens is 2. The summed E-state index contributed by atoms with van der Waals surface area (Å²) in [5.41, 5.74) is 1.73. The fourth-order valence-electron chi connectivity index (χ4n) is 2.32. The molecule has 8 heteroatoms. The van der Waals surface area contributed by atoms with Crippen LogP contribution in [0.25, 0.3) is 5.69 Å². The standard InChI is InChI=1S/C14H15F2N5O/c15-14(16)5-12(19-7-14)13(22)18-6-10-1-3-11(4-2-10)21-9-17-8-20-21/h1-4,8-9,12,19H,5-7H2,(H,18,22). The Bertz CT molecular complexity index is 642. The summed E-state index contributed by atoms with van der Waals surface area (Å²) in [6, 6.07) is 6.54. The second kappa shape index (κ2) is 5.80. The predicted molar refractivity (Wildman–Crippen MR) is 74.6 cm³/mol. The topological polar surface area (TPSA) is 71.8 Å². The minimum absolute atomic E-state index is 0.292. The largest absolute Gasteiger partial charge is 0.351 e. The van der Waals surface area contributed by atoms with Crippen molar-refractivity contribution in [3.63, 3.8) is 0 Å². The molecule has 0 aliphatic carbocycles. The number of nitrogens with one attached hydrogen (secondary N) is 2. The molecule has 116 valence electrons. The van der Waals surface area contributed by atoms with Crippen molar-refractivity contribution in [2.75, 3.05) is 6.54 Å². The minimum Gasteiger partial charge on any atom is -0.351 e. The van der Waals surface area contributed by atoms with Crippen molar-refractivity contribution in [2.45, 2.75) is 24.9 Å². The Morgan fingerprint density at radius 1 is 1.41 bits per heavy atom. The second-order valence-corrected chi connectivity index (χ2v) is 5.22.